The van der Waals surface area contributed by atoms with Crippen LogP contribution in [0, 0.1) is 96.4 Å². The van der Waals surface area contributed by atoms with Gasteiger partial charge in [0.15, 0.2) is 30.9 Å². The maximum atomic E-state index is 8.45. The third kappa shape index (κ3) is 16.2. The van der Waals surface area contributed by atoms with Crippen molar-refractivity contribution in [3.05, 3.63) is 266 Å². The molecule has 0 aliphatic rings. The van der Waals surface area contributed by atoms with Crippen LogP contribution in [0.3, 0.4) is 0 Å². The van der Waals surface area contributed by atoms with Crippen molar-refractivity contribution in [1.29, 1.82) is 0 Å². The molecule has 5 aromatic heterocycles. The predicted molar refractivity (Wildman–Crippen MR) is 332 cm³/mol. The summed E-state index contributed by atoms with van der Waals surface area (Å²) in [4.78, 5) is 0. The Hall–Kier alpha value is -8.15. The lowest BCUT2D eigenvalue weighted by molar-refractivity contribution is -0.660. The molecule has 404 valence electrons. The average molecular weight is 1090 g/mol. The van der Waals surface area contributed by atoms with Crippen molar-refractivity contribution in [3.63, 3.8) is 0 Å². The van der Waals surface area contributed by atoms with Gasteiger partial charge in [-0.1, -0.05) is 89.3 Å². The van der Waals surface area contributed by atoms with Gasteiger partial charge in [-0.2, -0.15) is 0 Å². The van der Waals surface area contributed by atoms with E-state index in [-0.39, 0.29) is 130 Å². The van der Waals surface area contributed by atoms with Crippen molar-refractivity contribution in [3.8, 4) is 56.3 Å². The monoisotopic (exact) mass is 1090 g/mol. The minimum atomic E-state index is -2.91. The molecule has 79 heavy (non-hydrogen) atoms. The summed E-state index contributed by atoms with van der Waals surface area (Å²) in [5.41, 5.74) is 6.10. The molecule has 0 spiro atoms. The Bertz CT molecular complexity index is 5430. The highest BCUT2D eigenvalue weighted by Gasteiger charge is 2.17. The zero-order valence-electron chi connectivity index (χ0n) is 85.2. The van der Waals surface area contributed by atoms with E-state index >= 15 is 0 Å². The summed E-state index contributed by atoms with van der Waals surface area (Å²) in [5.74, 6) is 0. The average Bonchev–Trinajstić information content (AvgIpc) is 0.736. The van der Waals surface area contributed by atoms with Crippen LogP contribution in [0.5, 0.6) is 0 Å². The molecule has 5 heteroatoms. The van der Waals surface area contributed by atoms with Gasteiger partial charge in [-0.05, 0) is 183 Å². The third-order valence-corrected chi connectivity index (χ3v) is 12.0. The van der Waals surface area contributed by atoms with Gasteiger partial charge in [0, 0.05) is 116 Å². The fraction of sp³-hybridized carbons (Fsp3) is 0.257. The van der Waals surface area contributed by atoms with E-state index in [1.165, 1.54) is 77.8 Å². The predicted octanol–water partition coefficient (Wildman–Crippen LogP) is 15.2. The van der Waals surface area contributed by atoms with E-state index < -0.39 is 82.9 Å². The van der Waals surface area contributed by atoms with Crippen LogP contribution in [0.4, 0.5) is 0 Å². The van der Waals surface area contributed by atoms with Crippen LogP contribution in [-0.4, -0.2) is 0 Å². The third-order valence-electron chi connectivity index (χ3n) is 12.0. The highest BCUT2D eigenvalue weighted by molar-refractivity contribution is 5.65. The topological polar surface area (TPSA) is 19.4 Å². The Morgan fingerprint density at radius 1 is 0.278 bits per heavy atom. The SMILES string of the molecule is [2H]c1c(C([2H])([2H])[2H])c(C([2H])([2H])[2H])c([2H])[n+](C)c1-c1ccc(C([2H])([2H])[2H])cc1C.[2H]c1c(C([2H])([2H])[2H])c([2H])c(-c2ccc(C([2H])([2H])[2H])cc2C)[n+](C)c1[2H].[2H]c1c([2H])c([2H])c(-c2c([2H])c([2H])c(C)c([2H])[n+]2C)c(C)c1[2H].[2H]c1c([2H])c([2H])c(-c2ccc(C)c([2H])[n+]2C)c(C)c1[2H].[2H]c1cc(C([2H])([2H])[2H])cc(-c2ccc(C([2H])([2H])[2H])cc2C)[n+]1C. The summed E-state index contributed by atoms with van der Waals surface area (Å²) in [6.07, 6.45) is -0.405. The van der Waals surface area contributed by atoms with Crippen LogP contribution in [0.2, 0.25) is 0 Å². The van der Waals surface area contributed by atoms with E-state index in [9.17, 15) is 0 Å². The molecule has 0 N–H and O–H groups in total. The van der Waals surface area contributed by atoms with Gasteiger partial charge in [-0.3, -0.25) is 0 Å². The molecule has 0 radical (unpaired) electrons. The highest BCUT2D eigenvalue weighted by Crippen LogP contribution is 2.26. The molecule has 0 unspecified atom stereocenters. The second-order valence-corrected chi connectivity index (χ2v) is 18.4. The fourth-order valence-electron chi connectivity index (χ4n) is 8.03. The largest absolute Gasteiger partial charge is 0.212 e. The summed E-state index contributed by atoms with van der Waals surface area (Å²) in [6, 6.07) is 16.4. The van der Waals surface area contributed by atoms with E-state index in [4.69, 9.17) is 53.5 Å². The molecule has 0 fully saturated rings. The molecular formula is C74H88N5+5. The second-order valence-electron chi connectivity index (χ2n) is 18.4. The zero-order valence-corrected chi connectivity index (χ0v) is 46.2. The van der Waals surface area contributed by atoms with Crippen molar-refractivity contribution >= 4 is 0 Å². The number of aryl methyl sites for hydroxylation is 8. The number of hydrogen-bond acceptors (Lipinski definition) is 0. The molecule has 0 aliphatic carbocycles. The van der Waals surface area contributed by atoms with E-state index in [0.29, 0.717) is 67.6 Å². The maximum absolute atomic E-state index is 8.45. The van der Waals surface area contributed by atoms with Crippen molar-refractivity contribution < 1.29 is 76.3 Å². The molecule has 0 atom stereocenters. The van der Waals surface area contributed by atoms with Gasteiger partial charge in [0.05, 0.1) is 17.8 Å². The van der Waals surface area contributed by atoms with Gasteiger partial charge in [0.25, 0.3) is 0 Å². The lowest BCUT2D eigenvalue weighted by Gasteiger charge is -2.07. The van der Waals surface area contributed by atoms with Crippen LogP contribution in [0.1, 0.15) is 131 Å². The van der Waals surface area contributed by atoms with Crippen LogP contribution in [0.15, 0.2) is 188 Å². The van der Waals surface area contributed by atoms with Crippen molar-refractivity contribution in [2.75, 3.05) is 0 Å². The van der Waals surface area contributed by atoms with Crippen molar-refractivity contribution in [2.24, 2.45) is 35.2 Å². The molecule has 5 heterocycles. The Morgan fingerprint density at radius 3 is 1.28 bits per heavy atom. The summed E-state index contributed by atoms with van der Waals surface area (Å²) < 4.78 is 310. The Labute approximate surface area is 530 Å². The number of pyridine rings is 5. The number of benzene rings is 5. The van der Waals surface area contributed by atoms with E-state index in [2.05, 4.69) is 0 Å². The van der Waals surface area contributed by atoms with Crippen LogP contribution in [0.25, 0.3) is 56.3 Å². The molecule has 0 saturated heterocycles. The lowest BCUT2D eigenvalue weighted by Crippen LogP contribution is -2.31. The Balaban J connectivity index is 0.000000230. The summed E-state index contributed by atoms with van der Waals surface area (Å²) in [6.45, 7) is -5.88. The molecule has 0 bridgehead atoms. The molecule has 10 aromatic rings. The van der Waals surface area contributed by atoms with Crippen molar-refractivity contribution in [2.45, 2.75) is 96.4 Å². The molecule has 10 rings (SSSR count). The molecule has 0 amide bonds. The normalized spacial score (nSPS) is 18.7. The standard InChI is InChI=1S/C16H20N.2C15H18N.2C14H16N/c1-11-6-7-15(13(3)8-11)16-9-12(2)14(4)10-17(16)5;2*1-11-5-6-14(13(3)9-11)15-10-12(2)7-8-16(15)4;2*1-11-8-9-14(15(3)10-11)13-7-5-4-6-12(13)2/h6-10H,1-5H3;2*5-10H,1-4H3;2*4-10H,1-3H3/q5*+1/i1D3,2D3,4D3,9D,10D;1D3,2D3,7D,8D,10D;1D3,2D3,8D;4D,5D,6D,7D,8D,9D,10D;4D,5D,6D,7D,10D. The Morgan fingerprint density at radius 2 is 0.734 bits per heavy atom. The maximum Gasteiger partial charge on any atom is 0.212 e. The summed E-state index contributed by atoms with van der Waals surface area (Å²) in [7, 11) is 7.83. The first-order valence-electron chi connectivity index (χ1n) is 44.0. The highest BCUT2D eigenvalue weighted by atomic mass is 14.9. The molecule has 0 saturated carbocycles. The Kier molecular flexibility index (Phi) is 9.10. The second kappa shape index (κ2) is 27.4. The van der Waals surface area contributed by atoms with Gasteiger partial charge in [-0.15, -0.1) is 0 Å². The molecule has 0 aliphatic heterocycles. The lowest BCUT2D eigenvalue weighted by atomic mass is 10.0. The minimum absolute atomic E-state index is 0.0342. The van der Waals surface area contributed by atoms with E-state index in [1.807, 2.05) is 6.92 Å². The molecular weight excluding hydrogens is 959 g/mol. The minimum Gasteiger partial charge on any atom is -0.201 e. The zero-order chi connectivity index (χ0) is 90.8. The van der Waals surface area contributed by atoms with Gasteiger partial charge >= 0.3 is 0 Å². The van der Waals surface area contributed by atoms with Crippen LogP contribution >= 0.6 is 0 Å². The number of aromatic nitrogens is 5. The van der Waals surface area contributed by atoms with Crippen LogP contribution < -0.4 is 22.8 Å². The summed E-state index contributed by atoms with van der Waals surface area (Å²) >= 11 is 0. The summed E-state index contributed by atoms with van der Waals surface area (Å²) in [5, 5.41) is 0. The van der Waals surface area contributed by atoms with E-state index in [0.717, 1.165) is 15.7 Å². The quantitative estimate of drug-likeness (QED) is 0.153. The first kappa shape index (κ1) is 26.2. The first-order valence-corrected chi connectivity index (χ1v) is 24.5. The smallest absolute Gasteiger partial charge is 0.201 e. The van der Waals surface area contributed by atoms with Gasteiger partial charge < -0.3 is 0 Å². The number of nitrogens with zero attached hydrogens (tertiary/aromatic N) is 5. The fourth-order valence-corrected chi connectivity index (χ4v) is 8.03. The van der Waals surface area contributed by atoms with Gasteiger partial charge in [0.1, 0.15) is 42.1 Å². The number of hydrogen-bond donors (Lipinski definition) is 0. The molecule has 5 aromatic carbocycles. The number of rotatable bonds is 5. The van der Waals surface area contributed by atoms with Gasteiger partial charge in [0.2, 0.25) is 28.5 Å². The molecule has 5 nitrogen and oxygen atoms in total. The first-order chi connectivity index (χ1) is 53.5. The van der Waals surface area contributed by atoms with Crippen molar-refractivity contribution in [1.82, 2.24) is 0 Å². The van der Waals surface area contributed by atoms with Gasteiger partial charge in [-0.25, -0.2) is 22.8 Å². The van der Waals surface area contributed by atoms with Crippen LogP contribution in [-0.2, 0) is 35.2 Å². The van der Waals surface area contributed by atoms with E-state index in [1.54, 1.807) is 96.1 Å².